The summed E-state index contributed by atoms with van der Waals surface area (Å²) in [7, 11) is 0. The fourth-order valence-electron chi connectivity index (χ4n) is 1.58. The second kappa shape index (κ2) is 6.86. The molecule has 0 aliphatic carbocycles. The Hall–Kier alpha value is -0.610. The number of hydrogen-bond acceptors (Lipinski definition) is 3. The molecule has 0 radical (unpaired) electrons. The molecule has 0 aromatic carbocycles. The molecule has 0 saturated heterocycles. The summed E-state index contributed by atoms with van der Waals surface area (Å²) in [6, 6.07) is 0.355. The van der Waals surface area contributed by atoms with Crippen LogP contribution in [0.5, 0.6) is 0 Å². The quantitative estimate of drug-likeness (QED) is 0.651. The van der Waals surface area contributed by atoms with E-state index in [9.17, 15) is 4.79 Å². The maximum Gasteiger partial charge on any atom is 0.231 e. The first-order valence-corrected chi connectivity index (χ1v) is 6.01. The van der Waals surface area contributed by atoms with Gasteiger partial charge in [-0.25, -0.2) is 0 Å². The van der Waals surface area contributed by atoms with Gasteiger partial charge in [-0.3, -0.25) is 9.69 Å². The van der Waals surface area contributed by atoms with E-state index in [-0.39, 0.29) is 11.3 Å². The molecule has 0 atom stereocenters. The Bertz CT molecular complexity index is 214. The Labute approximate surface area is 99.4 Å². The van der Waals surface area contributed by atoms with Gasteiger partial charge >= 0.3 is 0 Å². The predicted molar refractivity (Wildman–Crippen MR) is 68.0 cm³/mol. The molecular weight excluding hydrogens is 202 g/mol. The van der Waals surface area contributed by atoms with Crippen LogP contribution in [0.3, 0.4) is 0 Å². The number of amides is 1. The minimum atomic E-state index is -0.258. The van der Waals surface area contributed by atoms with Gasteiger partial charge in [-0.15, -0.1) is 0 Å². The van der Waals surface area contributed by atoms with E-state index in [2.05, 4.69) is 32.6 Å². The van der Waals surface area contributed by atoms with Crippen molar-refractivity contribution in [1.82, 2.24) is 4.90 Å². The summed E-state index contributed by atoms with van der Waals surface area (Å²) in [5, 5.41) is 0. The molecule has 0 unspecified atom stereocenters. The van der Waals surface area contributed by atoms with Gasteiger partial charge in [-0.05, 0) is 45.2 Å². The molecule has 0 aromatic heterocycles. The van der Waals surface area contributed by atoms with Crippen molar-refractivity contribution >= 4 is 5.91 Å². The van der Waals surface area contributed by atoms with Crippen LogP contribution >= 0.6 is 0 Å². The smallest absolute Gasteiger partial charge is 0.231 e. The van der Waals surface area contributed by atoms with Crippen molar-refractivity contribution in [2.24, 2.45) is 16.9 Å². The van der Waals surface area contributed by atoms with Crippen molar-refractivity contribution in [3.63, 3.8) is 0 Å². The van der Waals surface area contributed by atoms with E-state index in [1.807, 2.05) is 0 Å². The maximum atomic E-state index is 10.9. The van der Waals surface area contributed by atoms with Crippen LogP contribution in [0, 0.1) is 5.41 Å². The van der Waals surface area contributed by atoms with Crippen LogP contribution in [0.4, 0.5) is 0 Å². The summed E-state index contributed by atoms with van der Waals surface area (Å²) in [6.45, 7) is 10.4. The normalized spacial score (nSPS) is 12.4. The molecule has 0 fully saturated rings. The van der Waals surface area contributed by atoms with Crippen molar-refractivity contribution in [3.8, 4) is 0 Å². The van der Waals surface area contributed by atoms with Crippen LogP contribution in [0.2, 0.25) is 0 Å². The molecule has 4 nitrogen and oxygen atoms in total. The highest BCUT2D eigenvalue weighted by molar-refractivity contribution is 5.75. The van der Waals surface area contributed by atoms with Crippen LogP contribution in [0.1, 0.15) is 40.5 Å². The van der Waals surface area contributed by atoms with Gasteiger partial charge in [0.1, 0.15) is 0 Å². The summed E-state index contributed by atoms with van der Waals surface area (Å²) in [4.78, 5) is 13.0. The Morgan fingerprint density at radius 1 is 1.38 bits per heavy atom. The van der Waals surface area contributed by atoms with Gasteiger partial charge in [0.25, 0.3) is 0 Å². The van der Waals surface area contributed by atoms with Gasteiger partial charge in [-0.1, -0.05) is 13.8 Å². The average molecular weight is 229 g/mol. The molecule has 96 valence electrons. The summed E-state index contributed by atoms with van der Waals surface area (Å²) in [5.74, 6) is -0.258. The number of primary amides is 1. The van der Waals surface area contributed by atoms with Crippen LogP contribution in [0.15, 0.2) is 0 Å². The lowest BCUT2D eigenvalue weighted by atomic mass is 9.88. The minimum Gasteiger partial charge on any atom is -0.369 e. The van der Waals surface area contributed by atoms with Crippen molar-refractivity contribution in [2.45, 2.75) is 46.6 Å². The number of nitrogens with zero attached hydrogens (tertiary/aromatic N) is 1. The van der Waals surface area contributed by atoms with Gasteiger partial charge in [0.2, 0.25) is 5.91 Å². The van der Waals surface area contributed by atoms with Crippen LogP contribution in [-0.4, -0.2) is 36.5 Å². The number of carbonyl (C=O) groups excluding carboxylic acids is 1. The summed E-state index contributed by atoms with van der Waals surface area (Å²) in [6.07, 6.45) is 2.13. The first kappa shape index (κ1) is 15.4. The highest BCUT2D eigenvalue weighted by Crippen LogP contribution is 2.20. The average Bonchev–Trinajstić information content (AvgIpc) is 2.15. The second-order valence-electron chi connectivity index (χ2n) is 5.50. The fourth-order valence-corrected chi connectivity index (χ4v) is 1.58. The number of carbonyl (C=O) groups is 1. The molecule has 0 aliphatic heterocycles. The van der Waals surface area contributed by atoms with E-state index < -0.39 is 0 Å². The van der Waals surface area contributed by atoms with Crippen molar-refractivity contribution in [1.29, 1.82) is 0 Å². The third-order valence-electron chi connectivity index (χ3n) is 2.94. The van der Waals surface area contributed by atoms with Gasteiger partial charge in [0.05, 0.1) is 6.54 Å². The molecule has 4 heteroatoms. The molecule has 0 heterocycles. The summed E-state index contributed by atoms with van der Waals surface area (Å²) < 4.78 is 0. The van der Waals surface area contributed by atoms with E-state index in [1.165, 1.54) is 0 Å². The number of hydrogen-bond donors (Lipinski definition) is 2. The molecule has 4 N–H and O–H groups in total. The molecule has 0 aliphatic rings. The second-order valence-corrected chi connectivity index (χ2v) is 5.50. The minimum absolute atomic E-state index is 0.190. The van der Waals surface area contributed by atoms with E-state index in [0.717, 1.165) is 19.4 Å². The molecule has 0 saturated carbocycles. The van der Waals surface area contributed by atoms with Crippen molar-refractivity contribution in [2.75, 3.05) is 19.6 Å². The Kier molecular flexibility index (Phi) is 6.60. The SMILES string of the molecule is CC(C)N(CCCC(C)(C)CN)CC(N)=O. The Morgan fingerprint density at radius 3 is 2.31 bits per heavy atom. The fraction of sp³-hybridized carbons (Fsp3) is 0.917. The molecular formula is C12H27N3O. The zero-order valence-electron chi connectivity index (χ0n) is 11.1. The standard InChI is InChI=1S/C12H27N3O/c1-10(2)15(8-11(14)16)7-5-6-12(3,4)9-13/h10H,5-9,13H2,1-4H3,(H2,14,16). The van der Waals surface area contributed by atoms with Crippen LogP contribution < -0.4 is 11.5 Å². The van der Waals surface area contributed by atoms with Gasteiger partial charge in [0, 0.05) is 6.04 Å². The van der Waals surface area contributed by atoms with Crippen molar-refractivity contribution < 1.29 is 4.79 Å². The van der Waals surface area contributed by atoms with Crippen molar-refractivity contribution in [3.05, 3.63) is 0 Å². The number of rotatable bonds is 8. The van der Waals surface area contributed by atoms with Gasteiger partial charge in [-0.2, -0.15) is 0 Å². The molecule has 16 heavy (non-hydrogen) atoms. The molecule has 0 aromatic rings. The van der Waals surface area contributed by atoms with Crippen LogP contribution in [0.25, 0.3) is 0 Å². The highest BCUT2D eigenvalue weighted by Gasteiger charge is 2.17. The third-order valence-corrected chi connectivity index (χ3v) is 2.94. The maximum absolute atomic E-state index is 10.9. The Morgan fingerprint density at radius 2 is 1.94 bits per heavy atom. The van der Waals surface area contributed by atoms with Gasteiger partial charge < -0.3 is 11.5 Å². The Balaban J connectivity index is 3.99. The largest absolute Gasteiger partial charge is 0.369 e. The summed E-state index contributed by atoms with van der Waals surface area (Å²) in [5.41, 5.74) is 11.1. The zero-order chi connectivity index (χ0) is 12.8. The van der Waals surface area contributed by atoms with E-state index >= 15 is 0 Å². The molecule has 0 bridgehead atoms. The number of nitrogens with two attached hydrogens (primary N) is 2. The van der Waals surface area contributed by atoms with Gasteiger partial charge in [0.15, 0.2) is 0 Å². The van der Waals surface area contributed by atoms with Crippen LogP contribution in [-0.2, 0) is 4.79 Å². The first-order valence-electron chi connectivity index (χ1n) is 6.01. The molecule has 0 rings (SSSR count). The third kappa shape index (κ3) is 6.80. The molecule has 0 spiro atoms. The lowest BCUT2D eigenvalue weighted by Gasteiger charge is -2.27. The molecule has 1 amide bonds. The lowest BCUT2D eigenvalue weighted by Crippen LogP contribution is -2.39. The first-order chi connectivity index (χ1) is 7.28. The van der Waals surface area contributed by atoms with E-state index in [0.29, 0.717) is 19.1 Å². The lowest BCUT2D eigenvalue weighted by molar-refractivity contribution is -0.119. The van der Waals surface area contributed by atoms with E-state index in [1.54, 1.807) is 0 Å². The monoisotopic (exact) mass is 229 g/mol. The predicted octanol–water partition coefficient (Wildman–Crippen LogP) is 0.947. The zero-order valence-corrected chi connectivity index (χ0v) is 11.1. The van der Waals surface area contributed by atoms with E-state index in [4.69, 9.17) is 11.5 Å². The summed E-state index contributed by atoms with van der Waals surface area (Å²) >= 11 is 0. The topological polar surface area (TPSA) is 72.3 Å². The highest BCUT2D eigenvalue weighted by atomic mass is 16.1.